The lowest BCUT2D eigenvalue weighted by atomic mass is 10.0. The van der Waals surface area contributed by atoms with E-state index >= 15 is 0 Å². The standard InChI is InChI=1S/C11H22N2O2/c1-4-15-11(14)9(2)13(3)10-6-5-7-12-8-10/h9-10,12H,4-8H2,1-3H3. The molecule has 2 unspecified atom stereocenters. The third-order valence-electron chi connectivity index (χ3n) is 3.09. The first-order valence-electron chi connectivity index (χ1n) is 5.76. The Balaban J connectivity index is 2.43. The summed E-state index contributed by atoms with van der Waals surface area (Å²) in [6.07, 6.45) is 2.35. The van der Waals surface area contributed by atoms with Crippen molar-refractivity contribution < 1.29 is 9.53 Å². The summed E-state index contributed by atoms with van der Waals surface area (Å²) in [6.45, 7) is 6.28. The summed E-state index contributed by atoms with van der Waals surface area (Å²) in [6, 6.07) is 0.313. The number of nitrogens with one attached hydrogen (secondary N) is 1. The van der Waals surface area contributed by atoms with Crippen molar-refractivity contribution in [3.05, 3.63) is 0 Å². The van der Waals surface area contributed by atoms with E-state index in [0.29, 0.717) is 12.6 Å². The maximum Gasteiger partial charge on any atom is 0.323 e. The number of hydrogen-bond acceptors (Lipinski definition) is 4. The second kappa shape index (κ2) is 6.08. The molecular weight excluding hydrogens is 192 g/mol. The molecule has 0 aliphatic carbocycles. The molecule has 0 bridgehead atoms. The first-order chi connectivity index (χ1) is 7.16. The highest BCUT2D eigenvalue weighted by molar-refractivity contribution is 5.75. The van der Waals surface area contributed by atoms with Crippen LogP contribution in [-0.4, -0.2) is 49.7 Å². The number of piperidine rings is 1. The van der Waals surface area contributed by atoms with Gasteiger partial charge in [-0.05, 0) is 40.3 Å². The minimum atomic E-state index is -0.144. The van der Waals surface area contributed by atoms with Gasteiger partial charge in [0.1, 0.15) is 6.04 Å². The zero-order valence-electron chi connectivity index (χ0n) is 9.95. The summed E-state index contributed by atoms with van der Waals surface area (Å²) in [5, 5.41) is 3.35. The van der Waals surface area contributed by atoms with Gasteiger partial charge in [-0.15, -0.1) is 0 Å². The van der Waals surface area contributed by atoms with Crippen LogP contribution >= 0.6 is 0 Å². The van der Waals surface area contributed by atoms with Gasteiger partial charge >= 0.3 is 5.97 Å². The number of hydrogen-bond donors (Lipinski definition) is 1. The fourth-order valence-corrected chi connectivity index (χ4v) is 1.93. The Hall–Kier alpha value is -0.610. The summed E-state index contributed by atoms with van der Waals surface area (Å²) in [5.41, 5.74) is 0. The highest BCUT2D eigenvalue weighted by Gasteiger charge is 2.26. The average Bonchev–Trinajstić information content (AvgIpc) is 2.28. The highest BCUT2D eigenvalue weighted by atomic mass is 16.5. The van der Waals surface area contributed by atoms with Crippen molar-refractivity contribution in [3.63, 3.8) is 0 Å². The van der Waals surface area contributed by atoms with Crippen molar-refractivity contribution in [1.29, 1.82) is 0 Å². The van der Waals surface area contributed by atoms with E-state index in [1.165, 1.54) is 6.42 Å². The van der Waals surface area contributed by atoms with Crippen LogP contribution in [0.5, 0.6) is 0 Å². The molecule has 15 heavy (non-hydrogen) atoms. The van der Waals surface area contributed by atoms with E-state index in [9.17, 15) is 4.79 Å². The normalized spacial score (nSPS) is 23.9. The lowest BCUT2D eigenvalue weighted by molar-refractivity contribution is -0.149. The summed E-state index contributed by atoms with van der Waals surface area (Å²) in [5.74, 6) is -0.120. The van der Waals surface area contributed by atoms with Crippen LogP contribution in [0.1, 0.15) is 26.7 Å². The maximum absolute atomic E-state index is 11.5. The highest BCUT2D eigenvalue weighted by Crippen LogP contribution is 2.12. The topological polar surface area (TPSA) is 41.6 Å². The molecule has 0 amide bonds. The van der Waals surface area contributed by atoms with Gasteiger partial charge < -0.3 is 10.1 Å². The first kappa shape index (κ1) is 12.5. The van der Waals surface area contributed by atoms with Crippen molar-refractivity contribution >= 4 is 5.97 Å². The molecule has 2 atom stereocenters. The number of carbonyl (C=O) groups excluding carboxylic acids is 1. The van der Waals surface area contributed by atoms with E-state index in [0.717, 1.165) is 19.5 Å². The Morgan fingerprint density at radius 2 is 2.40 bits per heavy atom. The predicted octanol–water partition coefficient (Wildman–Crippen LogP) is 0.622. The van der Waals surface area contributed by atoms with E-state index in [-0.39, 0.29) is 12.0 Å². The fourth-order valence-electron chi connectivity index (χ4n) is 1.93. The molecule has 1 fully saturated rings. The Labute approximate surface area is 92.0 Å². The van der Waals surface area contributed by atoms with Crippen LogP contribution < -0.4 is 5.32 Å². The molecule has 1 saturated heterocycles. The quantitative estimate of drug-likeness (QED) is 0.697. The van der Waals surface area contributed by atoms with Gasteiger partial charge in [0.05, 0.1) is 6.61 Å². The SMILES string of the molecule is CCOC(=O)C(C)N(C)C1CCCNC1. The smallest absolute Gasteiger partial charge is 0.323 e. The molecule has 4 heteroatoms. The molecule has 0 spiro atoms. The molecule has 0 radical (unpaired) electrons. The van der Waals surface area contributed by atoms with Gasteiger partial charge in [-0.1, -0.05) is 0 Å². The van der Waals surface area contributed by atoms with Gasteiger partial charge in [-0.25, -0.2) is 0 Å². The molecule has 0 aromatic carbocycles. The minimum absolute atomic E-state index is 0.120. The van der Waals surface area contributed by atoms with Crippen LogP contribution in [0.2, 0.25) is 0 Å². The van der Waals surface area contributed by atoms with Gasteiger partial charge in [0.15, 0.2) is 0 Å². The van der Waals surface area contributed by atoms with Gasteiger partial charge in [0, 0.05) is 12.6 Å². The predicted molar refractivity (Wildman–Crippen MR) is 59.7 cm³/mol. The number of rotatable bonds is 4. The van der Waals surface area contributed by atoms with Gasteiger partial charge in [-0.3, -0.25) is 9.69 Å². The number of nitrogens with zero attached hydrogens (tertiary/aromatic N) is 1. The van der Waals surface area contributed by atoms with Crippen LogP contribution in [0.3, 0.4) is 0 Å². The zero-order valence-corrected chi connectivity index (χ0v) is 9.95. The Morgan fingerprint density at radius 1 is 1.67 bits per heavy atom. The van der Waals surface area contributed by atoms with E-state index in [1.807, 2.05) is 20.9 Å². The Bertz CT molecular complexity index is 203. The Kier molecular flexibility index (Phi) is 5.05. The Morgan fingerprint density at radius 3 is 2.93 bits per heavy atom. The van der Waals surface area contributed by atoms with Crippen molar-refractivity contribution in [2.45, 2.75) is 38.8 Å². The van der Waals surface area contributed by atoms with Crippen molar-refractivity contribution in [2.24, 2.45) is 0 Å². The van der Waals surface area contributed by atoms with E-state index < -0.39 is 0 Å². The minimum Gasteiger partial charge on any atom is -0.465 e. The van der Waals surface area contributed by atoms with Gasteiger partial charge in [-0.2, -0.15) is 0 Å². The fraction of sp³-hybridized carbons (Fsp3) is 0.909. The molecule has 0 aromatic rings. The number of carbonyl (C=O) groups is 1. The average molecular weight is 214 g/mol. The summed E-state index contributed by atoms with van der Waals surface area (Å²) >= 11 is 0. The van der Waals surface area contributed by atoms with Crippen molar-refractivity contribution in [3.8, 4) is 0 Å². The van der Waals surface area contributed by atoms with Crippen LogP contribution in [-0.2, 0) is 9.53 Å². The maximum atomic E-state index is 11.5. The monoisotopic (exact) mass is 214 g/mol. The number of ether oxygens (including phenoxy) is 1. The van der Waals surface area contributed by atoms with Crippen LogP contribution in [0, 0.1) is 0 Å². The van der Waals surface area contributed by atoms with E-state index in [2.05, 4.69) is 10.2 Å². The number of esters is 1. The molecule has 4 nitrogen and oxygen atoms in total. The molecular formula is C11H22N2O2. The van der Waals surface area contributed by atoms with Crippen LogP contribution in [0.4, 0.5) is 0 Å². The van der Waals surface area contributed by atoms with Crippen molar-refractivity contribution in [1.82, 2.24) is 10.2 Å². The molecule has 1 aliphatic rings. The largest absolute Gasteiger partial charge is 0.465 e. The molecule has 1 heterocycles. The molecule has 0 aromatic heterocycles. The third-order valence-corrected chi connectivity index (χ3v) is 3.09. The molecule has 0 saturated carbocycles. The van der Waals surface area contributed by atoms with Crippen LogP contribution in [0.25, 0.3) is 0 Å². The van der Waals surface area contributed by atoms with Crippen molar-refractivity contribution in [2.75, 3.05) is 26.7 Å². The third kappa shape index (κ3) is 3.47. The summed E-state index contributed by atoms with van der Waals surface area (Å²) < 4.78 is 5.01. The van der Waals surface area contributed by atoms with E-state index in [4.69, 9.17) is 4.74 Å². The molecule has 1 aliphatic heterocycles. The van der Waals surface area contributed by atoms with E-state index in [1.54, 1.807) is 0 Å². The zero-order chi connectivity index (χ0) is 11.3. The molecule has 1 rings (SSSR count). The summed E-state index contributed by atoms with van der Waals surface area (Å²) in [4.78, 5) is 13.7. The second-order valence-corrected chi connectivity index (χ2v) is 4.09. The summed E-state index contributed by atoms with van der Waals surface area (Å²) in [7, 11) is 2.00. The second-order valence-electron chi connectivity index (χ2n) is 4.09. The molecule has 88 valence electrons. The lowest BCUT2D eigenvalue weighted by Gasteiger charge is -2.34. The van der Waals surface area contributed by atoms with Gasteiger partial charge in [0.25, 0.3) is 0 Å². The lowest BCUT2D eigenvalue weighted by Crippen LogP contribution is -2.50. The first-order valence-corrected chi connectivity index (χ1v) is 5.76. The molecule has 1 N–H and O–H groups in total. The van der Waals surface area contributed by atoms with Gasteiger partial charge in [0.2, 0.25) is 0 Å². The number of likely N-dealkylation sites (N-methyl/N-ethyl adjacent to an activating group) is 1. The van der Waals surface area contributed by atoms with Crippen LogP contribution in [0.15, 0.2) is 0 Å².